The van der Waals surface area contributed by atoms with Gasteiger partial charge in [0.05, 0.1) is 25.4 Å². The van der Waals surface area contributed by atoms with Gasteiger partial charge in [0.15, 0.2) is 11.3 Å². The third-order valence-corrected chi connectivity index (χ3v) is 8.35. The molecule has 6 rings (SSSR count). The summed E-state index contributed by atoms with van der Waals surface area (Å²) in [4.78, 5) is 71.0. The molecule has 47 heavy (non-hydrogen) atoms. The van der Waals surface area contributed by atoms with Gasteiger partial charge >= 0.3 is 113 Å². The first-order valence-corrected chi connectivity index (χ1v) is 14.2. The standard InChI is InChI=1S/C11H13N3O5S.C10H12N4O5S.CH2O3.CH4.2K.H/c1-4-12-9-8(10(17)13-4)20-11(18)14(9)7-2-5(16)6(3-15)19-7;11-9-12-7-6(8(17)13-9)20-10(18)14(7)5-1-3(16)4(2-15)19-5;2-1-4-3;;;;/h5-7,15-16H,2-3H2,1H3,(H,12,13,17);3-5,15-16H,1-2H2,(H3,11,12,13,17);1,3H;1H4;;;/q;;;;2*+1;-1/p-1/t5-,6+,7+;3-,4+,5+;;;;;/m00...../s1. The molecule has 6 atom stereocenters. The molecule has 0 aliphatic carbocycles. The molecular weight excluding hydrogens is 725 g/mol. The van der Waals surface area contributed by atoms with E-state index in [0.717, 1.165) is 22.7 Å². The molecule has 0 spiro atoms. The van der Waals surface area contributed by atoms with Crippen LogP contribution < -0.4 is 135 Å². The van der Waals surface area contributed by atoms with E-state index in [2.05, 4.69) is 24.8 Å². The number of aromatic amines is 2. The van der Waals surface area contributed by atoms with Crippen LogP contribution in [0.2, 0.25) is 0 Å². The minimum atomic E-state index is -0.883. The largest absolute Gasteiger partial charge is 1.00 e. The van der Waals surface area contributed by atoms with Gasteiger partial charge in [-0.1, -0.05) is 30.1 Å². The SMILES string of the molecule is C.Cc1nc2c(sc(=O)n2[C@H]2C[C@H](O)[C@@H](CO)O2)c(=O)[nH]1.Nc1nc2c(sc(=O)n2[C@H]2C[C@H](O)[C@@H](CO)O2)c(=O)[nH]1.O=CO[O-].[H-].[K+].[K+]. The molecule has 0 saturated carbocycles. The van der Waals surface area contributed by atoms with E-state index in [-0.39, 0.29) is 181 Å². The number of rotatable bonds is 5. The fourth-order valence-electron chi connectivity index (χ4n) is 4.57. The zero-order valence-corrected chi connectivity index (χ0v) is 32.4. The van der Waals surface area contributed by atoms with Crippen molar-refractivity contribution in [1.82, 2.24) is 29.1 Å². The number of carbonyl (C=O) groups excluding carboxylic acids is 1. The maximum Gasteiger partial charge on any atom is 1.00 e. The van der Waals surface area contributed by atoms with Crippen molar-refractivity contribution in [2.45, 2.75) is 64.1 Å². The molecule has 20 nitrogen and oxygen atoms in total. The second-order valence-electron chi connectivity index (χ2n) is 9.31. The van der Waals surface area contributed by atoms with Crippen molar-refractivity contribution in [2.24, 2.45) is 0 Å². The molecule has 24 heteroatoms. The molecule has 8 N–H and O–H groups in total. The molecule has 2 saturated heterocycles. The van der Waals surface area contributed by atoms with Gasteiger partial charge in [0.25, 0.3) is 17.6 Å². The van der Waals surface area contributed by atoms with Crippen molar-refractivity contribution in [3.8, 4) is 0 Å². The zero-order chi connectivity index (χ0) is 32.3. The molecule has 0 bridgehead atoms. The van der Waals surface area contributed by atoms with Gasteiger partial charge in [0.2, 0.25) is 5.95 Å². The van der Waals surface area contributed by atoms with Gasteiger partial charge < -0.3 is 52.2 Å². The second-order valence-corrected chi connectivity index (χ2v) is 11.2. The Morgan fingerprint density at radius 1 is 0.936 bits per heavy atom. The van der Waals surface area contributed by atoms with Crippen molar-refractivity contribution in [3.05, 3.63) is 45.9 Å². The summed E-state index contributed by atoms with van der Waals surface area (Å²) in [5.74, 6) is 0.289. The first kappa shape index (κ1) is 44.4. The number of aryl methyl sites for hydroxylation is 1. The molecule has 4 aromatic heterocycles. The van der Waals surface area contributed by atoms with Crippen LogP contribution in [0, 0.1) is 6.92 Å². The fraction of sp³-hybridized carbons (Fsp3) is 0.522. The molecule has 0 amide bonds. The number of nitrogen functional groups attached to an aromatic ring is 1. The van der Waals surface area contributed by atoms with Gasteiger partial charge in [-0.05, 0) is 6.92 Å². The summed E-state index contributed by atoms with van der Waals surface area (Å²) in [6.07, 6.45) is -4.43. The summed E-state index contributed by atoms with van der Waals surface area (Å²) >= 11 is 1.52. The number of carbonyl (C=O) groups is 1. The van der Waals surface area contributed by atoms with Crippen molar-refractivity contribution in [1.29, 1.82) is 0 Å². The molecule has 0 aromatic carbocycles. The average Bonchev–Trinajstić information content (AvgIpc) is 3.71. The number of anilines is 1. The normalized spacial score (nSPS) is 22.9. The molecule has 2 aliphatic heterocycles. The number of aliphatic hydroxyl groups excluding tert-OH is 4. The van der Waals surface area contributed by atoms with E-state index < -0.39 is 47.3 Å². The molecule has 0 radical (unpaired) electrons. The van der Waals surface area contributed by atoms with Crippen LogP contribution in [0.1, 0.15) is 40.0 Å². The van der Waals surface area contributed by atoms with Crippen LogP contribution in [0.5, 0.6) is 0 Å². The maximum atomic E-state index is 12.1. The van der Waals surface area contributed by atoms with E-state index in [1.54, 1.807) is 6.92 Å². The quantitative estimate of drug-likeness (QED) is 0.0430. The number of hydrogen-bond donors (Lipinski definition) is 7. The van der Waals surface area contributed by atoms with E-state index in [1.165, 1.54) is 9.13 Å². The van der Waals surface area contributed by atoms with Crippen LogP contribution >= 0.6 is 22.7 Å². The van der Waals surface area contributed by atoms with E-state index >= 15 is 0 Å². The maximum absolute atomic E-state index is 12.1. The van der Waals surface area contributed by atoms with Gasteiger partial charge in [0, 0.05) is 12.8 Å². The molecule has 2 aliphatic rings. The van der Waals surface area contributed by atoms with Crippen LogP contribution in [0.15, 0.2) is 19.2 Å². The summed E-state index contributed by atoms with van der Waals surface area (Å²) in [5, 5.41) is 46.0. The van der Waals surface area contributed by atoms with Crippen LogP contribution in [0.25, 0.3) is 20.7 Å². The number of aliphatic hydroxyl groups is 4. The number of aromatic nitrogens is 6. The topological polar surface area (TPSA) is 310 Å². The molecule has 4 aromatic rings. The Bertz CT molecular complexity index is 1750. The van der Waals surface area contributed by atoms with E-state index in [4.69, 9.17) is 35.5 Å². The fourth-order valence-corrected chi connectivity index (χ4v) is 6.28. The number of thiazole rings is 2. The van der Waals surface area contributed by atoms with Crippen LogP contribution in [-0.2, 0) is 19.2 Å². The number of H-pyrrole nitrogens is 2. The minimum absolute atomic E-state index is 0. The smallest absolute Gasteiger partial charge is 1.00 e. The Balaban J connectivity index is 0.000000771. The second kappa shape index (κ2) is 19.7. The van der Waals surface area contributed by atoms with E-state index in [1.807, 2.05) is 0 Å². The van der Waals surface area contributed by atoms with Gasteiger partial charge in [-0.25, -0.2) is 4.98 Å². The Morgan fingerprint density at radius 3 is 1.72 bits per heavy atom. The van der Waals surface area contributed by atoms with Crippen molar-refractivity contribution < 1.29 is 149 Å². The molecular formula is C23H31K2N7O13S2. The molecule has 0 unspecified atom stereocenters. The number of hydrogen-bond acceptors (Lipinski definition) is 18. The van der Waals surface area contributed by atoms with Gasteiger partial charge in [0.1, 0.15) is 39.9 Å². The van der Waals surface area contributed by atoms with Crippen molar-refractivity contribution in [3.63, 3.8) is 0 Å². The molecule has 2 fully saturated rings. The Kier molecular flexibility index (Phi) is 18.6. The Labute approximate surface area is 357 Å². The summed E-state index contributed by atoms with van der Waals surface area (Å²) in [5.41, 5.74) is 4.98. The van der Waals surface area contributed by atoms with Crippen molar-refractivity contribution in [2.75, 3.05) is 18.9 Å². The first-order valence-electron chi connectivity index (χ1n) is 12.6. The third-order valence-electron chi connectivity index (χ3n) is 6.47. The summed E-state index contributed by atoms with van der Waals surface area (Å²) in [6, 6.07) is 0. The third kappa shape index (κ3) is 10.0. The number of nitrogens with zero attached hydrogens (tertiary/aromatic N) is 4. The monoisotopic (exact) mass is 755 g/mol. The van der Waals surface area contributed by atoms with Crippen molar-refractivity contribution >= 4 is 55.8 Å². The van der Waals surface area contributed by atoms with Crippen LogP contribution in [0.4, 0.5) is 5.95 Å². The summed E-state index contributed by atoms with van der Waals surface area (Å²) < 4.78 is 13.7. The van der Waals surface area contributed by atoms with Crippen LogP contribution in [-0.4, -0.2) is 93.6 Å². The average molecular weight is 756 g/mol. The van der Waals surface area contributed by atoms with E-state index in [0.29, 0.717) is 5.82 Å². The molecule has 250 valence electrons. The summed E-state index contributed by atoms with van der Waals surface area (Å²) in [6.45, 7) is 0.750. The summed E-state index contributed by atoms with van der Waals surface area (Å²) in [7, 11) is 0. The Hall–Kier alpha value is -0.597. The van der Waals surface area contributed by atoms with Gasteiger partial charge in [-0.3, -0.25) is 38.1 Å². The van der Waals surface area contributed by atoms with Crippen LogP contribution in [0.3, 0.4) is 0 Å². The number of ether oxygens (including phenoxy) is 2. The minimum Gasteiger partial charge on any atom is -1.00 e. The first-order chi connectivity index (χ1) is 20.9. The van der Waals surface area contributed by atoms with Gasteiger partial charge in [-0.15, -0.1) is 0 Å². The zero-order valence-electron chi connectivity index (χ0n) is 25.5. The predicted molar refractivity (Wildman–Crippen MR) is 156 cm³/mol. The number of nitrogens with two attached hydrogens (primary N) is 1. The van der Waals surface area contributed by atoms with E-state index in [9.17, 15) is 29.4 Å². The molecule has 6 heterocycles. The predicted octanol–water partition coefficient (Wildman–Crippen LogP) is -9.34. The number of nitrogens with one attached hydrogen (secondary N) is 2. The number of fused-ring (bicyclic) bond motifs is 2. The Morgan fingerprint density at radius 2 is 1.34 bits per heavy atom. The van der Waals surface area contributed by atoms with Gasteiger partial charge in [-0.2, -0.15) is 4.98 Å².